The largest absolute Gasteiger partial charge is 0.478 e. The summed E-state index contributed by atoms with van der Waals surface area (Å²) in [5, 5.41) is 13.9. The molecular weight excluding hydrogens is 240 g/mol. The van der Waals surface area contributed by atoms with Crippen LogP contribution in [0.25, 0.3) is 0 Å². The molecule has 4 nitrogen and oxygen atoms in total. The standard InChI is InChI=1S/C15H24N2O2/c1-11(2)8-9-17-10-13(15(18)19)14(16-17)12-6-4-3-5-7-12/h10-12H,3-9H2,1-2H3,(H,18,19). The molecule has 1 heterocycles. The lowest BCUT2D eigenvalue weighted by Gasteiger charge is -2.20. The molecule has 0 atom stereocenters. The molecular formula is C15H24N2O2. The smallest absolute Gasteiger partial charge is 0.339 e. The number of aromatic nitrogens is 2. The fourth-order valence-electron chi connectivity index (χ4n) is 2.78. The minimum Gasteiger partial charge on any atom is -0.478 e. The number of aromatic carboxylic acids is 1. The fraction of sp³-hybridized carbons (Fsp3) is 0.733. The van der Waals surface area contributed by atoms with Gasteiger partial charge in [0.05, 0.1) is 5.69 Å². The summed E-state index contributed by atoms with van der Waals surface area (Å²) >= 11 is 0. The van der Waals surface area contributed by atoms with Crippen LogP contribution >= 0.6 is 0 Å². The predicted molar refractivity (Wildman–Crippen MR) is 74.5 cm³/mol. The summed E-state index contributed by atoms with van der Waals surface area (Å²) < 4.78 is 1.83. The average Bonchev–Trinajstić information content (AvgIpc) is 2.82. The number of hydrogen-bond donors (Lipinski definition) is 1. The molecule has 2 rings (SSSR count). The molecule has 1 aliphatic carbocycles. The number of carbonyl (C=O) groups is 1. The van der Waals surface area contributed by atoms with E-state index in [0.717, 1.165) is 31.5 Å². The van der Waals surface area contributed by atoms with Crippen LogP contribution in [0.15, 0.2) is 6.20 Å². The van der Waals surface area contributed by atoms with E-state index in [2.05, 4.69) is 18.9 Å². The van der Waals surface area contributed by atoms with Crippen LogP contribution in [0.1, 0.15) is 74.3 Å². The number of nitrogens with zero attached hydrogens (tertiary/aromatic N) is 2. The maximum atomic E-state index is 11.4. The summed E-state index contributed by atoms with van der Waals surface area (Å²) in [5.74, 6) is 0.118. The van der Waals surface area contributed by atoms with E-state index in [9.17, 15) is 9.90 Å². The van der Waals surface area contributed by atoms with Crippen LogP contribution in [-0.2, 0) is 6.54 Å². The molecule has 1 N–H and O–H groups in total. The summed E-state index contributed by atoms with van der Waals surface area (Å²) in [6.07, 6.45) is 8.58. The van der Waals surface area contributed by atoms with E-state index in [4.69, 9.17) is 0 Å². The first-order valence-corrected chi connectivity index (χ1v) is 7.38. The molecule has 0 bridgehead atoms. The first-order chi connectivity index (χ1) is 9.08. The molecule has 4 heteroatoms. The van der Waals surface area contributed by atoms with Crippen LogP contribution in [0, 0.1) is 5.92 Å². The Balaban J connectivity index is 2.17. The van der Waals surface area contributed by atoms with E-state index in [1.165, 1.54) is 19.3 Å². The van der Waals surface area contributed by atoms with Gasteiger partial charge in [0.1, 0.15) is 5.56 Å². The van der Waals surface area contributed by atoms with Gasteiger partial charge in [0.15, 0.2) is 0 Å². The highest BCUT2D eigenvalue weighted by atomic mass is 16.4. The summed E-state index contributed by atoms with van der Waals surface area (Å²) in [6.45, 7) is 5.15. The third-order valence-corrected chi connectivity index (χ3v) is 3.95. The second-order valence-electron chi connectivity index (χ2n) is 6.01. The van der Waals surface area contributed by atoms with E-state index >= 15 is 0 Å². The molecule has 0 aromatic carbocycles. The van der Waals surface area contributed by atoms with Crippen LogP contribution in [0.3, 0.4) is 0 Å². The van der Waals surface area contributed by atoms with Crippen molar-refractivity contribution in [3.63, 3.8) is 0 Å². The zero-order chi connectivity index (χ0) is 13.8. The first kappa shape index (κ1) is 14.1. The molecule has 1 saturated carbocycles. The number of rotatable bonds is 5. The lowest BCUT2D eigenvalue weighted by molar-refractivity contribution is 0.0694. The number of aryl methyl sites for hydroxylation is 1. The highest BCUT2D eigenvalue weighted by Crippen LogP contribution is 2.33. The average molecular weight is 264 g/mol. The van der Waals surface area contributed by atoms with Crippen molar-refractivity contribution < 1.29 is 9.90 Å². The van der Waals surface area contributed by atoms with E-state index in [-0.39, 0.29) is 0 Å². The van der Waals surface area contributed by atoms with Crippen molar-refractivity contribution in [2.45, 2.75) is 64.8 Å². The lowest BCUT2D eigenvalue weighted by atomic mass is 9.85. The van der Waals surface area contributed by atoms with Crippen molar-refractivity contribution in [3.05, 3.63) is 17.5 Å². The summed E-state index contributed by atoms with van der Waals surface area (Å²) in [6, 6.07) is 0. The van der Waals surface area contributed by atoms with Crippen LogP contribution in [0.2, 0.25) is 0 Å². The number of carboxylic acid groups (broad SMARTS) is 1. The van der Waals surface area contributed by atoms with Crippen molar-refractivity contribution >= 4 is 5.97 Å². The van der Waals surface area contributed by atoms with Gasteiger partial charge in [-0.15, -0.1) is 0 Å². The molecule has 0 amide bonds. The van der Waals surface area contributed by atoms with Crippen LogP contribution in [-0.4, -0.2) is 20.9 Å². The van der Waals surface area contributed by atoms with Gasteiger partial charge in [0.25, 0.3) is 0 Å². The molecule has 0 radical (unpaired) electrons. The lowest BCUT2D eigenvalue weighted by Crippen LogP contribution is -2.10. The summed E-state index contributed by atoms with van der Waals surface area (Å²) in [5.41, 5.74) is 1.23. The molecule has 19 heavy (non-hydrogen) atoms. The monoisotopic (exact) mass is 264 g/mol. The molecule has 1 aromatic rings. The fourth-order valence-corrected chi connectivity index (χ4v) is 2.78. The second-order valence-corrected chi connectivity index (χ2v) is 6.01. The third kappa shape index (κ3) is 3.58. The first-order valence-electron chi connectivity index (χ1n) is 7.38. The van der Waals surface area contributed by atoms with Gasteiger partial charge in [-0.25, -0.2) is 4.79 Å². The van der Waals surface area contributed by atoms with Gasteiger partial charge in [-0.3, -0.25) is 4.68 Å². The van der Waals surface area contributed by atoms with Gasteiger partial charge < -0.3 is 5.11 Å². The topological polar surface area (TPSA) is 55.1 Å². The normalized spacial score (nSPS) is 17.0. The van der Waals surface area contributed by atoms with Crippen molar-refractivity contribution in [2.24, 2.45) is 5.92 Å². The molecule has 1 fully saturated rings. The molecule has 1 aliphatic rings. The van der Waals surface area contributed by atoms with Gasteiger partial charge >= 0.3 is 5.97 Å². The minimum atomic E-state index is -0.837. The third-order valence-electron chi connectivity index (χ3n) is 3.95. The van der Waals surface area contributed by atoms with Crippen LogP contribution in [0.4, 0.5) is 0 Å². The van der Waals surface area contributed by atoms with Gasteiger partial charge in [-0.1, -0.05) is 33.1 Å². The Morgan fingerprint density at radius 2 is 2.11 bits per heavy atom. The second kappa shape index (κ2) is 6.22. The van der Waals surface area contributed by atoms with Crippen LogP contribution in [0.5, 0.6) is 0 Å². The molecule has 0 saturated heterocycles. The van der Waals surface area contributed by atoms with E-state index in [1.54, 1.807) is 6.20 Å². The minimum absolute atomic E-state index is 0.347. The van der Waals surface area contributed by atoms with Gasteiger partial charge in [0.2, 0.25) is 0 Å². The Morgan fingerprint density at radius 1 is 1.42 bits per heavy atom. The molecule has 0 spiro atoms. The highest BCUT2D eigenvalue weighted by molar-refractivity contribution is 5.88. The SMILES string of the molecule is CC(C)CCn1cc(C(=O)O)c(C2CCCCC2)n1. The van der Waals surface area contributed by atoms with Crippen LogP contribution < -0.4 is 0 Å². The zero-order valence-electron chi connectivity index (χ0n) is 11.9. The molecule has 106 valence electrons. The maximum Gasteiger partial charge on any atom is 0.339 e. The van der Waals surface area contributed by atoms with E-state index in [0.29, 0.717) is 17.4 Å². The molecule has 1 aromatic heterocycles. The van der Waals surface area contributed by atoms with E-state index < -0.39 is 5.97 Å². The Bertz CT molecular complexity index is 431. The van der Waals surface area contributed by atoms with Gasteiger partial charge in [-0.05, 0) is 25.2 Å². The molecule has 0 aliphatic heterocycles. The zero-order valence-corrected chi connectivity index (χ0v) is 11.9. The highest BCUT2D eigenvalue weighted by Gasteiger charge is 2.25. The number of hydrogen-bond acceptors (Lipinski definition) is 2. The van der Waals surface area contributed by atoms with Crippen molar-refractivity contribution in [2.75, 3.05) is 0 Å². The number of carboxylic acids is 1. The Kier molecular flexibility index (Phi) is 4.61. The van der Waals surface area contributed by atoms with Crippen molar-refractivity contribution in [1.82, 2.24) is 9.78 Å². The maximum absolute atomic E-state index is 11.4. The van der Waals surface area contributed by atoms with E-state index in [1.807, 2.05) is 4.68 Å². The Hall–Kier alpha value is -1.32. The van der Waals surface area contributed by atoms with Crippen molar-refractivity contribution in [3.8, 4) is 0 Å². The molecule has 0 unspecified atom stereocenters. The summed E-state index contributed by atoms with van der Waals surface area (Å²) in [4.78, 5) is 11.4. The van der Waals surface area contributed by atoms with Gasteiger partial charge in [0, 0.05) is 18.7 Å². The quantitative estimate of drug-likeness (QED) is 0.882. The Labute approximate surface area is 114 Å². The Morgan fingerprint density at radius 3 is 2.68 bits per heavy atom. The van der Waals surface area contributed by atoms with Crippen molar-refractivity contribution in [1.29, 1.82) is 0 Å². The summed E-state index contributed by atoms with van der Waals surface area (Å²) in [7, 11) is 0. The predicted octanol–water partition coefficient (Wildman–Crippen LogP) is 3.68. The van der Waals surface area contributed by atoms with Gasteiger partial charge in [-0.2, -0.15) is 5.10 Å².